The highest BCUT2D eigenvalue weighted by Gasteiger charge is 2.39. The van der Waals surface area contributed by atoms with Crippen molar-refractivity contribution in [1.82, 2.24) is 0 Å². The van der Waals surface area contributed by atoms with Gasteiger partial charge in [-0.1, -0.05) is 30.3 Å². The van der Waals surface area contributed by atoms with Crippen molar-refractivity contribution < 1.29 is 14.3 Å². The Labute approximate surface area is 120 Å². The molecule has 0 spiro atoms. The van der Waals surface area contributed by atoms with Crippen LogP contribution in [0.15, 0.2) is 23.3 Å². The second-order valence-electron chi connectivity index (χ2n) is 5.30. The SMILES string of the molecule is CC/C(C)=C/C(CC)C1[N+]#CC(C(C)C(=O)O)=C[C@@H]1F. The Morgan fingerprint density at radius 1 is 1.60 bits per heavy atom. The van der Waals surface area contributed by atoms with Crippen molar-refractivity contribution >= 4 is 5.97 Å². The Morgan fingerprint density at radius 2 is 2.25 bits per heavy atom. The van der Waals surface area contributed by atoms with Crippen LogP contribution >= 0.6 is 0 Å². The van der Waals surface area contributed by atoms with Gasteiger partial charge in [-0.15, -0.1) is 0 Å². The van der Waals surface area contributed by atoms with Crippen molar-refractivity contribution in [3.05, 3.63) is 28.1 Å². The molecule has 1 aliphatic rings. The summed E-state index contributed by atoms with van der Waals surface area (Å²) >= 11 is 0. The van der Waals surface area contributed by atoms with E-state index in [1.165, 1.54) is 18.6 Å². The van der Waals surface area contributed by atoms with Gasteiger partial charge in [0.05, 0.1) is 17.4 Å². The molecule has 0 aromatic rings. The maximum absolute atomic E-state index is 14.3. The molecule has 0 fully saturated rings. The fraction of sp³-hybridized carbons (Fsp3) is 0.625. The molecule has 0 amide bonds. The number of hydrogen-bond acceptors (Lipinski definition) is 1. The first-order valence-electron chi connectivity index (χ1n) is 7.12. The smallest absolute Gasteiger partial charge is 0.313 e. The topological polar surface area (TPSA) is 41.7 Å². The van der Waals surface area contributed by atoms with Gasteiger partial charge in [0.1, 0.15) is 0 Å². The van der Waals surface area contributed by atoms with E-state index in [1.54, 1.807) is 0 Å². The van der Waals surface area contributed by atoms with E-state index in [2.05, 4.69) is 23.9 Å². The summed E-state index contributed by atoms with van der Waals surface area (Å²) in [6.45, 7) is 7.61. The van der Waals surface area contributed by atoms with Gasteiger partial charge in [0.15, 0.2) is 6.17 Å². The van der Waals surface area contributed by atoms with Crippen LogP contribution in [0.5, 0.6) is 0 Å². The van der Waals surface area contributed by atoms with Crippen LogP contribution in [0.25, 0.3) is 4.85 Å². The molecule has 0 saturated carbocycles. The highest BCUT2D eigenvalue weighted by molar-refractivity contribution is 5.74. The van der Waals surface area contributed by atoms with Gasteiger partial charge in [0, 0.05) is 0 Å². The van der Waals surface area contributed by atoms with E-state index >= 15 is 0 Å². The molecule has 1 heterocycles. The number of halogens is 1. The van der Waals surface area contributed by atoms with Gasteiger partial charge >= 0.3 is 18.1 Å². The third-order valence-corrected chi connectivity index (χ3v) is 3.81. The number of rotatable bonds is 6. The minimum absolute atomic E-state index is 0.0235. The Hall–Kier alpha value is -1.63. The lowest BCUT2D eigenvalue weighted by molar-refractivity contribution is -0.139. The quantitative estimate of drug-likeness (QED) is 0.745. The molecule has 0 bridgehead atoms. The van der Waals surface area contributed by atoms with Gasteiger partial charge in [0.25, 0.3) is 0 Å². The second kappa shape index (κ2) is 7.23. The first-order valence-corrected chi connectivity index (χ1v) is 7.12. The summed E-state index contributed by atoms with van der Waals surface area (Å²) in [5.41, 5.74) is 1.54. The monoisotopic (exact) mass is 280 g/mol. The molecule has 1 aliphatic heterocycles. The number of aliphatic carboxylic acids is 1. The van der Waals surface area contributed by atoms with Crippen LogP contribution in [-0.4, -0.2) is 23.3 Å². The summed E-state index contributed by atoms with van der Waals surface area (Å²) in [4.78, 5) is 15.1. The van der Waals surface area contributed by atoms with Crippen LogP contribution in [0.4, 0.5) is 4.39 Å². The number of alkyl halides is 1. The molecule has 0 aromatic heterocycles. The van der Waals surface area contributed by atoms with Crippen molar-refractivity contribution in [2.24, 2.45) is 11.8 Å². The number of carbonyl (C=O) groups is 1. The number of allylic oxidation sites excluding steroid dienone is 1. The molecule has 4 heteroatoms. The molecule has 0 aromatic carbocycles. The van der Waals surface area contributed by atoms with Crippen LogP contribution in [-0.2, 0) is 4.79 Å². The fourth-order valence-electron chi connectivity index (χ4n) is 2.17. The van der Waals surface area contributed by atoms with Gasteiger partial charge in [-0.25, -0.2) is 4.39 Å². The average molecular weight is 280 g/mol. The van der Waals surface area contributed by atoms with Gasteiger partial charge < -0.3 is 5.11 Å². The maximum Gasteiger partial charge on any atom is 0.313 e. The molecule has 0 radical (unpaired) electrons. The molecule has 4 atom stereocenters. The Bertz CT molecular complexity index is 484. The average Bonchev–Trinajstić information content (AvgIpc) is 2.43. The van der Waals surface area contributed by atoms with E-state index in [9.17, 15) is 9.18 Å². The largest absolute Gasteiger partial charge is 0.481 e. The third kappa shape index (κ3) is 3.93. The van der Waals surface area contributed by atoms with Gasteiger partial charge in [-0.2, -0.15) is 0 Å². The summed E-state index contributed by atoms with van der Waals surface area (Å²) in [7, 11) is 0. The van der Waals surface area contributed by atoms with Crippen molar-refractivity contribution in [3.8, 4) is 6.07 Å². The minimum Gasteiger partial charge on any atom is -0.481 e. The van der Waals surface area contributed by atoms with E-state index in [-0.39, 0.29) is 5.92 Å². The first kappa shape index (κ1) is 16.4. The predicted octanol–water partition coefficient (Wildman–Crippen LogP) is 4.07. The second-order valence-corrected chi connectivity index (χ2v) is 5.30. The lowest BCUT2D eigenvalue weighted by Crippen LogP contribution is -2.28. The standard InChI is InChI=1S/C16H22FNO2/c1-5-10(3)7-12(6-2)15-14(17)8-13(9-18-15)11(4)16(19)20/h7-8,11-12,14-15H,5-6H2,1-4H3/p+1/b10-7+/t11?,12?,14-,15?/m0/s1. The van der Waals surface area contributed by atoms with E-state index < -0.39 is 24.1 Å². The summed E-state index contributed by atoms with van der Waals surface area (Å²) in [5, 5.41) is 8.94. The van der Waals surface area contributed by atoms with Crippen LogP contribution < -0.4 is 0 Å². The van der Waals surface area contributed by atoms with Gasteiger partial charge in [-0.3, -0.25) is 4.79 Å². The Kier molecular flexibility index (Phi) is 5.94. The molecular formula is C16H23FNO2+. The lowest BCUT2D eigenvalue weighted by atomic mass is 9.88. The van der Waals surface area contributed by atoms with E-state index in [0.717, 1.165) is 12.8 Å². The van der Waals surface area contributed by atoms with E-state index in [4.69, 9.17) is 5.11 Å². The van der Waals surface area contributed by atoms with Crippen molar-refractivity contribution in [2.75, 3.05) is 0 Å². The summed E-state index contributed by atoms with van der Waals surface area (Å²) in [5.74, 6) is -1.74. The minimum atomic E-state index is -1.25. The maximum atomic E-state index is 14.3. The molecule has 0 saturated heterocycles. The Balaban J connectivity index is 2.93. The number of hydrogen-bond donors (Lipinski definition) is 1. The van der Waals surface area contributed by atoms with Crippen LogP contribution in [0.1, 0.15) is 40.5 Å². The fourth-order valence-corrected chi connectivity index (χ4v) is 2.17. The molecule has 3 unspecified atom stereocenters. The summed E-state index contributed by atoms with van der Waals surface area (Å²) in [6.07, 6.45) is 3.91. The molecular weight excluding hydrogens is 257 g/mol. The molecule has 110 valence electrons. The lowest BCUT2D eigenvalue weighted by Gasteiger charge is -2.16. The molecule has 20 heavy (non-hydrogen) atoms. The van der Waals surface area contributed by atoms with Crippen LogP contribution in [0.2, 0.25) is 0 Å². The van der Waals surface area contributed by atoms with Crippen molar-refractivity contribution in [1.29, 1.82) is 0 Å². The highest BCUT2D eigenvalue weighted by atomic mass is 19.1. The zero-order valence-corrected chi connectivity index (χ0v) is 12.6. The summed E-state index contributed by atoms with van der Waals surface area (Å²) in [6, 6.07) is 2.23. The summed E-state index contributed by atoms with van der Waals surface area (Å²) < 4.78 is 14.3. The predicted molar refractivity (Wildman–Crippen MR) is 78.6 cm³/mol. The van der Waals surface area contributed by atoms with E-state index in [1.807, 2.05) is 13.8 Å². The van der Waals surface area contributed by atoms with Crippen LogP contribution in [0.3, 0.4) is 0 Å². The van der Waals surface area contributed by atoms with Gasteiger partial charge in [-0.05, 0) is 32.8 Å². The first-order chi connectivity index (χ1) is 9.40. The molecule has 1 rings (SSSR count). The van der Waals surface area contributed by atoms with Crippen molar-refractivity contribution in [3.63, 3.8) is 0 Å². The zero-order chi connectivity index (χ0) is 15.3. The number of nitrogens with zero attached hydrogens (tertiary/aromatic N) is 1. The zero-order valence-electron chi connectivity index (χ0n) is 12.6. The number of carboxylic acid groups (broad SMARTS) is 1. The van der Waals surface area contributed by atoms with Crippen molar-refractivity contribution in [2.45, 2.75) is 52.8 Å². The molecule has 1 N–H and O–H groups in total. The Morgan fingerprint density at radius 3 is 2.70 bits per heavy atom. The van der Waals surface area contributed by atoms with Gasteiger partial charge in [0.2, 0.25) is 0 Å². The highest BCUT2D eigenvalue weighted by Crippen LogP contribution is 2.27. The molecule has 0 aliphatic carbocycles. The van der Waals surface area contributed by atoms with E-state index in [0.29, 0.717) is 5.57 Å². The molecule has 3 nitrogen and oxygen atoms in total. The normalized spacial score (nSPS) is 25.2. The van der Waals surface area contributed by atoms with Crippen LogP contribution in [0, 0.1) is 17.9 Å². The number of carboxylic acids is 1. The third-order valence-electron chi connectivity index (χ3n) is 3.81.